The minimum atomic E-state index is 1.16. The second-order valence-corrected chi connectivity index (χ2v) is 8.32. The predicted octanol–water partition coefficient (Wildman–Crippen LogP) is 8.09. The van der Waals surface area contributed by atoms with Crippen molar-refractivity contribution in [2.45, 2.75) is 0 Å². The quantitative estimate of drug-likeness (QED) is 0.298. The third-order valence-corrected chi connectivity index (χ3v) is 6.53. The van der Waals surface area contributed by atoms with Crippen LogP contribution < -0.4 is 0 Å². The summed E-state index contributed by atoms with van der Waals surface area (Å²) in [6.45, 7) is 0. The number of nitrogens with one attached hydrogen (secondary N) is 1. The topological polar surface area (TPSA) is 20.7 Å². The van der Waals surface area contributed by atoms with Gasteiger partial charge < -0.3 is 9.55 Å². The van der Waals surface area contributed by atoms with Gasteiger partial charge in [0.2, 0.25) is 0 Å². The Kier molecular flexibility index (Phi) is 3.58. The Hall–Kier alpha value is -4.30. The average Bonchev–Trinajstić information content (AvgIpc) is 3.40. The van der Waals surface area contributed by atoms with Gasteiger partial charge in [0.15, 0.2) is 0 Å². The Balaban J connectivity index is 1.58. The maximum absolute atomic E-state index is 3.63. The van der Waals surface area contributed by atoms with E-state index in [2.05, 4.69) is 125 Å². The molecule has 0 aliphatic carbocycles. The third kappa shape index (κ3) is 2.41. The van der Waals surface area contributed by atoms with Gasteiger partial charge in [0, 0.05) is 38.3 Å². The second kappa shape index (κ2) is 6.60. The summed E-state index contributed by atoms with van der Waals surface area (Å²) < 4.78 is 2.38. The van der Waals surface area contributed by atoms with Crippen molar-refractivity contribution in [2.75, 3.05) is 0 Å². The van der Waals surface area contributed by atoms with Crippen LogP contribution in [0.1, 0.15) is 0 Å². The Morgan fingerprint density at radius 3 is 1.94 bits per heavy atom. The van der Waals surface area contributed by atoms with Crippen LogP contribution in [0.15, 0.2) is 115 Å². The van der Waals surface area contributed by atoms with Gasteiger partial charge in [-0.25, -0.2) is 0 Å². The highest BCUT2D eigenvalue weighted by atomic mass is 15.0. The van der Waals surface area contributed by atoms with Crippen molar-refractivity contribution in [2.24, 2.45) is 0 Å². The van der Waals surface area contributed by atoms with Crippen molar-refractivity contribution in [1.29, 1.82) is 0 Å². The monoisotopic (exact) mass is 408 g/mol. The molecule has 2 heterocycles. The van der Waals surface area contributed by atoms with Gasteiger partial charge in [-0.3, -0.25) is 0 Å². The molecule has 0 saturated heterocycles. The van der Waals surface area contributed by atoms with E-state index in [0.29, 0.717) is 0 Å². The minimum absolute atomic E-state index is 1.16. The first-order chi connectivity index (χ1) is 15.9. The Morgan fingerprint density at radius 1 is 0.500 bits per heavy atom. The molecule has 0 aliphatic heterocycles. The molecule has 0 spiro atoms. The molecule has 32 heavy (non-hydrogen) atoms. The molecule has 0 unspecified atom stereocenters. The third-order valence-electron chi connectivity index (χ3n) is 6.53. The highest BCUT2D eigenvalue weighted by Gasteiger charge is 2.14. The molecule has 0 bridgehead atoms. The van der Waals surface area contributed by atoms with E-state index < -0.39 is 0 Å². The van der Waals surface area contributed by atoms with Crippen molar-refractivity contribution in [3.8, 4) is 16.8 Å². The summed E-state index contributed by atoms with van der Waals surface area (Å²) in [6.07, 6.45) is 0. The van der Waals surface area contributed by atoms with Gasteiger partial charge in [0.25, 0.3) is 0 Å². The number of aromatic nitrogens is 2. The van der Waals surface area contributed by atoms with Crippen LogP contribution in [-0.2, 0) is 0 Å². The van der Waals surface area contributed by atoms with Crippen molar-refractivity contribution in [3.05, 3.63) is 115 Å². The van der Waals surface area contributed by atoms with Gasteiger partial charge in [0.1, 0.15) is 0 Å². The van der Waals surface area contributed by atoms with E-state index in [-0.39, 0.29) is 0 Å². The molecule has 0 saturated carbocycles. The summed E-state index contributed by atoms with van der Waals surface area (Å²) in [5.74, 6) is 0. The van der Waals surface area contributed by atoms with Crippen LogP contribution in [0.5, 0.6) is 0 Å². The van der Waals surface area contributed by atoms with Crippen LogP contribution in [0.4, 0.5) is 0 Å². The molecular formula is C30H20N2. The van der Waals surface area contributed by atoms with E-state index in [0.717, 1.165) is 5.52 Å². The summed E-state index contributed by atoms with van der Waals surface area (Å²) >= 11 is 0. The first-order valence-electron chi connectivity index (χ1n) is 11.0. The van der Waals surface area contributed by atoms with E-state index in [1.165, 1.54) is 54.9 Å². The van der Waals surface area contributed by atoms with E-state index in [1.54, 1.807) is 0 Å². The Morgan fingerprint density at radius 2 is 1.19 bits per heavy atom. The number of rotatable bonds is 2. The highest BCUT2D eigenvalue weighted by Crippen LogP contribution is 2.37. The molecule has 7 rings (SSSR count). The molecule has 0 radical (unpaired) electrons. The fourth-order valence-electron chi connectivity index (χ4n) is 5.14. The lowest BCUT2D eigenvalue weighted by Crippen LogP contribution is -1.93. The molecule has 2 heteroatoms. The highest BCUT2D eigenvalue weighted by molar-refractivity contribution is 6.15. The smallest absolute Gasteiger partial charge is 0.0541 e. The number of fused-ring (bicyclic) bond motifs is 6. The maximum atomic E-state index is 3.63. The molecule has 7 aromatic rings. The summed E-state index contributed by atoms with van der Waals surface area (Å²) in [4.78, 5) is 3.63. The molecule has 2 nitrogen and oxygen atoms in total. The maximum Gasteiger partial charge on any atom is 0.0541 e. The SMILES string of the molecule is c1ccc(-c2cccc3[nH]c4ccc(-n5c6ccccc6c6ccccc65)cc4c23)cc1. The van der Waals surface area contributed by atoms with E-state index >= 15 is 0 Å². The van der Waals surface area contributed by atoms with Crippen molar-refractivity contribution < 1.29 is 0 Å². The molecule has 5 aromatic carbocycles. The summed E-state index contributed by atoms with van der Waals surface area (Å²) in [5, 5.41) is 5.09. The minimum Gasteiger partial charge on any atom is -0.354 e. The largest absolute Gasteiger partial charge is 0.354 e. The van der Waals surface area contributed by atoms with E-state index in [9.17, 15) is 0 Å². The molecule has 150 valence electrons. The number of nitrogens with zero attached hydrogens (tertiary/aromatic N) is 1. The van der Waals surface area contributed by atoms with Crippen LogP contribution in [0.2, 0.25) is 0 Å². The first-order valence-corrected chi connectivity index (χ1v) is 11.0. The Bertz CT molecular complexity index is 1710. The lowest BCUT2D eigenvalue weighted by atomic mass is 9.99. The Labute approximate surface area is 185 Å². The number of hydrogen-bond acceptors (Lipinski definition) is 0. The van der Waals surface area contributed by atoms with E-state index in [1.807, 2.05) is 0 Å². The molecular weight excluding hydrogens is 388 g/mol. The molecule has 0 fully saturated rings. The normalized spacial score (nSPS) is 11.8. The second-order valence-electron chi connectivity index (χ2n) is 8.32. The number of aromatic amines is 1. The number of para-hydroxylation sites is 2. The average molecular weight is 409 g/mol. The van der Waals surface area contributed by atoms with Gasteiger partial charge in [-0.2, -0.15) is 0 Å². The zero-order valence-corrected chi connectivity index (χ0v) is 17.4. The zero-order chi connectivity index (χ0) is 21.1. The van der Waals surface area contributed by atoms with E-state index in [4.69, 9.17) is 0 Å². The predicted molar refractivity (Wildman–Crippen MR) is 136 cm³/mol. The molecule has 0 atom stereocenters. The first kappa shape index (κ1) is 17.4. The van der Waals surface area contributed by atoms with Crippen LogP contribution in [0, 0.1) is 0 Å². The van der Waals surface area contributed by atoms with Crippen LogP contribution >= 0.6 is 0 Å². The number of H-pyrrole nitrogens is 1. The van der Waals surface area contributed by atoms with Gasteiger partial charge in [-0.1, -0.05) is 78.9 Å². The van der Waals surface area contributed by atoms with Crippen LogP contribution in [-0.4, -0.2) is 9.55 Å². The summed E-state index contributed by atoms with van der Waals surface area (Å²) in [7, 11) is 0. The fraction of sp³-hybridized carbons (Fsp3) is 0. The lowest BCUT2D eigenvalue weighted by molar-refractivity contribution is 1.19. The standard InChI is InChI=1S/C30H20N2/c1-2-9-20(10-3-1)22-13-8-14-27-30(22)25-19-21(17-18-26(25)31-27)32-28-15-6-4-11-23(28)24-12-5-7-16-29(24)32/h1-19,31H. The molecule has 1 N–H and O–H groups in total. The molecule has 0 aliphatic rings. The van der Waals surface area contributed by atoms with Gasteiger partial charge in [0.05, 0.1) is 11.0 Å². The zero-order valence-electron chi connectivity index (χ0n) is 17.4. The van der Waals surface area contributed by atoms with Crippen molar-refractivity contribution in [1.82, 2.24) is 9.55 Å². The molecule has 0 amide bonds. The van der Waals surface area contributed by atoms with Crippen molar-refractivity contribution in [3.63, 3.8) is 0 Å². The lowest BCUT2D eigenvalue weighted by Gasteiger charge is -2.09. The molecule has 2 aromatic heterocycles. The summed E-state index contributed by atoms with van der Waals surface area (Å²) in [5.41, 5.74) is 8.47. The number of hydrogen-bond donors (Lipinski definition) is 1. The van der Waals surface area contributed by atoms with Crippen LogP contribution in [0.25, 0.3) is 60.4 Å². The summed E-state index contributed by atoms with van der Waals surface area (Å²) in [6, 6.07) is 41.3. The van der Waals surface area contributed by atoms with Gasteiger partial charge >= 0.3 is 0 Å². The van der Waals surface area contributed by atoms with Gasteiger partial charge in [-0.05, 0) is 47.5 Å². The van der Waals surface area contributed by atoms with Gasteiger partial charge in [-0.15, -0.1) is 0 Å². The fourth-order valence-corrected chi connectivity index (χ4v) is 5.14. The van der Waals surface area contributed by atoms with Crippen molar-refractivity contribution >= 4 is 43.6 Å². The number of benzene rings is 5. The van der Waals surface area contributed by atoms with Crippen LogP contribution in [0.3, 0.4) is 0 Å².